The van der Waals surface area contributed by atoms with Crippen LogP contribution >= 0.6 is 0 Å². The van der Waals surface area contributed by atoms with Crippen LogP contribution in [0.3, 0.4) is 0 Å². The lowest BCUT2D eigenvalue weighted by Gasteiger charge is -2.12. The Balaban J connectivity index is 1.39. The van der Waals surface area contributed by atoms with E-state index in [-0.39, 0.29) is 17.3 Å². The van der Waals surface area contributed by atoms with Crippen LogP contribution in [0, 0.1) is 17.0 Å². The number of aryl methyl sites for hydroxylation is 1. The zero-order valence-electron chi connectivity index (χ0n) is 23.2. The van der Waals surface area contributed by atoms with Gasteiger partial charge in [0, 0.05) is 23.3 Å². The van der Waals surface area contributed by atoms with E-state index in [1.165, 1.54) is 83.4 Å². The molecule has 8 heteroatoms. The smallest absolute Gasteiger partial charge is 0.353 e. The summed E-state index contributed by atoms with van der Waals surface area (Å²) >= 11 is 0. The van der Waals surface area contributed by atoms with Gasteiger partial charge in [0.05, 0.1) is 10.4 Å². The van der Waals surface area contributed by atoms with E-state index in [2.05, 4.69) is 32.5 Å². The number of nitrogens with one attached hydrogen (secondary N) is 2. The maximum Gasteiger partial charge on any atom is 0.353 e. The highest BCUT2D eigenvalue weighted by Gasteiger charge is 2.23. The summed E-state index contributed by atoms with van der Waals surface area (Å²) < 4.78 is 0. The van der Waals surface area contributed by atoms with Gasteiger partial charge in [0.25, 0.3) is 0 Å². The van der Waals surface area contributed by atoms with Crippen LogP contribution in [0.5, 0.6) is 0 Å². The number of hydrogen-bond donors (Lipinski definition) is 2. The third-order valence-corrected chi connectivity index (χ3v) is 6.95. The van der Waals surface area contributed by atoms with E-state index in [0.29, 0.717) is 6.54 Å². The molecule has 8 nitrogen and oxygen atoms in total. The van der Waals surface area contributed by atoms with Crippen LogP contribution in [0.25, 0.3) is 10.9 Å². The van der Waals surface area contributed by atoms with Crippen LogP contribution in [0.2, 0.25) is 0 Å². The van der Waals surface area contributed by atoms with Gasteiger partial charge in [0.15, 0.2) is 0 Å². The van der Waals surface area contributed by atoms with Gasteiger partial charge in [0.1, 0.15) is 6.33 Å². The van der Waals surface area contributed by atoms with E-state index in [4.69, 9.17) is 0 Å². The van der Waals surface area contributed by atoms with Gasteiger partial charge in [-0.25, -0.2) is 9.97 Å². The molecule has 0 saturated carbocycles. The van der Waals surface area contributed by atoms with E-state index in [1.54, 1.807) is 0 Å². The van der Waals surface area contributed by atoms with E-state index < -0.39 is 4.92 Å². The molecule has 206 valence electrons. The summed E-state index contributed by atoms with van der Waals surface area (Å²) in [6, 6.07) is 9.55. The molecule has 3 rings (SSSR count). The third-order valence-electron chi connectivity index (χ3n) is 6.95. The Morgan fingerprint density at radius 2 is 1.39 bits per heavy atom. The number of rotatable bonds is 19. The third kappa shape index (κ3) is 9.54. The van der Waals surface area contributed by atoms with Gasteiger partial charge >= 0.3 is 5.69 Å². The first-order valence-corrected chi connectivity index (χ1v) is 14.5. The number of nitrogens with zero attached hydrogens (tertiary/aromatic N) is 4. The lowest BCUT2D eigenvalue weighted by Crippen LogP contribution is -2.09. The summed E-state index contributed by atoms with van der Waals surface area (Å²) in [7, 11) is 0. The number of unbranched alkanes of at least 4 members (excludes halogenated alkanes) is 13. The zero-order valence-corrected chi connectivity index (χ0v) is 23.2. The standard InChI is InChI=1S/C30H44N6O2/c1-3-4-5-6-7-8-9-10-11-12-13-14-15-16-22-31-29-28(36(37)38)30(33-23-32-29)35-27-19-17-18-26-25(27)21-20-24(2)34-26/h17-21,23H,3-16,22H2,1-2H3,(H2,31,32,33,35). The minimum atomic E-state index is -0.427. The highest BCUT2D eigenvalue weighted by atomic mass is 16.6. The number of pyridine rings is 1. The Morgan fingerprint density at radius 1 is 0.789 bits per heavy atom. The molecular weight excluding hydrogens is 476 g/mol. The number of hydrogen-bond acceptors (Lipinski definition) is 7. The maximum absolute atomic E-state index is 11.9. The van der Waals surface area contributed by atoms with Gasteiger partial charge in [-0.1, -0.05) is 96.5 Å². The van der Waals surface area contributed by atoms with Crippen LogP contribution in [-0.2, 0) is 0 Å². The summed E-state index contributed by atoms with van der Waals surface area (Å²) in [4.78, 5) is 24.4. The van der Waals surface area contributed by atoms with Crippen molar-refractivity contribution in [1.82, 2.24) is 15.0 Å². The molecule has 0 aliphatic rings. The highest BCUT2D eigenvalue weighted by Crippen LogP contribution is 2.33. The van der Waals surface area contributed by atoms with Gasteiger partial charge in [-0.15, -0.1) is 0 Å². The molecule has 0 unspecified atom stereocenters. The van der Waals surface area contributed by atoms with Crippen molar-refractivity contribution in [2.24, 2.45) is 0 Å². The number of benzene rings is 1. The van der Waals surface area contributed by atoms with Crippen LogP contribution < -0.4 is 10.6 Å². The predicted octanol–water partition coefficient (Wildman–Crippen LogP) is 8.88. The summed E-state index contributed by atoms with van der Waals surface area (Å²) in [6.07, 6.45) is 19.5. The quantitative estimate of drug-likeness (QED) is 0.0923. The first-order chi connectivity index (χ1) is 18.6. The molecule has 2 aromatic heterocycles. The fourth-order valence-electron chi connectivity index (χ4n) is 4.79. The van der Waals surface area contributed by atoms with Gasteiger partial charge in [0.2, 0.25) is 11.6 Å². The second kappa shape index (κ2) is 16.5. The van der Waals surface area contributed by atoms with Crippen molar-refractivity contribution in [2.75, 3.05) is 17.2 Å². The molecular formula is C30H44N6O2. The normalized spacial score (nSPS) is 11.1. The maximum atomic E-state index is 11.9. The van der Waals surface area contributed by atoms with E-state index in [0.717, 1.165) is 35.1 Å². The van der Waals surface area contributed by atoms with Gasteiger partial charge < -0.3 is 10.6 Å². The Hall–Kier alpha value is -3.29. The number of aromatic nitrogens is 3. The lowest BCUT2D eigenvalue weighted by molar-refractivity contribution is -0.383. The summed E-state index contributed by atoms with van der Waals surface area (Å²) in [5.74, 6) is 0.415. The molecule has 1 aromatic carbocycles. The summed E-state index contributed by atoms with van der Waals surface area (Å²) in [6.45, 7) is 4.85. The molecule has 0 spiro atoms. The first-order valence-electron chi connectivity index (χ1n) is 14.5. The van der Waals surface area contributed by atoms with Crippen molar-refractivity contribution < 1.29 is 4.92 Å². The van der Waals surface area contributed by atoms with Crippen molar-refractivity contribution in [3.63, 3.8) is 0 Å². The fraction of sp³-hybridized carbons (Fsp3) is 0.567. The average Bonchev–Trinajstić information content (AvgIpc) is 2.90. The number of nitro groups is 1. The van der Waals surface area contributed by atoms with E-state index >= 15 is 0 Å². The monoisotopic (exact) mass is 520 g/mol. The molecule has 38 heavy (non-hydrogen) atoms. The molecule has 0 amide bonds. The van der Waals surface area contributed by atoms with Crippen molar-refractivity contribution in [3.05, 3.63) is 52.5 Å². The Kier molecular flexibility index (Phi) is 12.7. The molecule has 0 radical (unpaired) electrons. The van der Waals surface area contributed by atoms with Gasteiger partial charge in [-0.3, -0.25) is 15.1 Å². The Morgan fingerprint density at radius 3 is 2.03 bits per heavy atom. The Bertz CT molecular complexity index is 1140. The van der Waals surface area contributed by atoms with Crippen molar-refractivity contribution >= 4 is 33.9 Å². The molecule has 0 fully saturated rings. The lowest BCUT2D eigenvalue weighted by atomic mass is 10.0. The fourth-order valence-corrected chi connectivity index (χ4v) is 4.79. The second-order valence-electron chi connectivity index (χ2n) is 10.1. The number of fused-ring (bicyclic) bond motifs is 1. The number of anilines is 3. The van der Waals surface area contributed by atoms with Gasteiger partial charge in [-0.2, -0.15) is 0 Å². The van der Waals surface area contributed by atoms with Gasteiger partial charge in [-0.05, 0) is 37.6 Å². The average molecular weight is 521 g/mol. The second-order valence-corrected chi connectivity index (χ2v) is 10.1. The molecule has 0 saturated heterocycles. The van der Waals surface area contributed by atoms with E-state index in [1.807, 2.05) is 37.3 Å². The largest absolute Gasteiger partial charge is 0.364 e. The minimum absolute atomic E-state index is 0.144. The van der Waals surface area contributed by atoms with Crippen LogP contribution in [0.1, 0.15) is 103 Å². The topological polar surface area (TPSA) is 106 Å². The summed E-state index contributed by atoms with van der Waals surface area (Å²) in [5.41, 5.74) is 2.31. The molecule has 0 aliphatic carbocycles. The highest BCUT2D eigenvalue weighted by molar-refractivity contribution is 5.94. The summed E-state index contributed by atoms with van der Waals surface area (Å²) in [5, 5.41) is 19.1. The first kappa shape index (κ1) is 29.3. The predicted molar refractivity (Wildman–Crippen MR) is 157 cm³/mol. The SMILES string of the molecule is CCCCCCCCCCCCCCCCNc1ncnc(Nc2cccc3nc(C)ccc23)c1[N+](=O)[O-]. The van der Waals surface area contributed by atoms with Crippen molar-refractivity contribution in [2.45, 2.75) is 104 Å². The molecule has 0 atom stereocenters. The molecule has 0 bridgehead atoms. The van der Waals surface area contributed by atoms with E-state index in [9.17, 15) is 10.1 Å². The minimum Gasteiger partial charge on any atom is -0.364 e. The molecule has 0 aliphatic heterocycles. The molecule has 2 N–H and O–H groups in total. The van der Waals surface area contributed by atoms with Crippen molar-refractivity contribution in [3.8, 4) is 0 Å². The van der Waals surface area contributed by atoms with Crippen molar-refractivity contribution in [1.29, 1.82) is 0 Å². The Labute approximate surface area is 227 Å². The van der Waals surface area contributed by atoms with Crippen LogP contribution in [-0.4, -0.2) is 26.4 Å². The van der Waals surface area contributed by atoms with Crippen LogP contribution in [0.4, 0.5) is 23.0 Å². The zero-order chi connectivity index (χ0) is 27.0. The molecule has 2 heterocycles. The van der Waals surface area contributed by atoms with Crippen LogP contribution in [0.15, 0.2) is 36.7 Å². The molecule has 3 aromatic rings.